The molecule has 0 saturated carbocycles. The van der Waals surface area contributed by atoms with Gasteiger partial charge in [-0.2, -0.15) is 0 Å². The number of ether oxygens (including phenoxy) is 2. The number of amides is 2. The lowest BCUT2D eigenvalue weighted by Crippen LogP contribution is -2.43. The standard InChI is InChI=1S/C21H26N2O6/c1-21(2,3)29-20(26)23-9-7-13(8-10-23)18(24)22-16-11-14-5-6-15(27-4)12-17(14)28-19(16)25/h5-6,11-13H,7-10H2,1-4H3,(H,22,24). The molecule has 1 aliphatic rings. The number of nitrogens with one attached hydrogen (secondary N) is 1. The molecule has 29 heavy (non-hydrogen) atoms. The molecule has 0 bridgehead atoms. The van der Waals surface area contributed by atoms with E-state index < -0.39 is 11.2 Å². The highest BCUT2D eigenvalue weighted by Crippen LogP contribution is 2.24. The smallest absolute Gasteiger partial charge is 0.410 e. The number of rotatable bonds is 3. The zero-order valence-corrected chi connectivity index (χ0v) is 17.1. The summed E-state index contributed by atoms with van der Waals surface area (Å²) in [5, 5.41) is 3.35. The Morgan fingerprint density at radius 2 is 1.86 bits per heavy atom. The summed E-state index contributed by atoms with van der Waals surface area (Å²) in [6.45, 7) is 6.31. The number of nitrogens with zero attached hydrogens (tertiary/aromatic N) is 1. The molecule has 1 aromatic carbocycles. The van der Waals surface area contributed by atoms with Crippen LogP contribution in [-0.4, -0.2) is 42.7 Å². The molecule has 0 unspecified atom stereocenters. The first-order valence-electron chi connectivity index (χ1n) is 9.57. The number of piperidine rings is 1. The van der Waals surface area contributed by atoms with Crippen LogP contribution in [0, 0.1) is 5.92 Å². The molecule has 2 heterocycles. The highest BCUT2D eigenvalue weighted by Gasteiger charge is 2.30. The first-order valence-corrected chi connectivity index (χ1v) is 9.57. The lowest BCUT2D eigenvalue weighted by molar-refractivity contribution is -0.121. The average molecular weight is 402 g/mol. The predicted octanol–water partition coefficient (Wildman–Crippen LogP) is 3.39. The Labute approximate surface area is 168 Å². The van der Waals surface area contributed by atoms with Crippen molar-refractivity contribution < 1.29 is 23.5 Å². The zero-order chi connectivity index (χ0) is 21.2. The highest BCUT2D eigenvalue weighted by atomic mass is 16.6. The topological polar surface area (TPSA) is 98.1 Å². The van der Waals surface area contributed by atoms with Crippen molar-refractivity contribution in [2.24, 2.45) is 5.92 Å². The molecular weight excluding hydrogens is 376 g/mol. The molecule has 1 aromatic heterocycles. The van der Waals surface area contributed by atoms with Gasteiger partial charge >= 0.3 is 11.7 Å². The van der Waals surface area contributed by atoms with Crippen molar-refractivity contribution >= 4 is 28.7 Å². The summed E-state index contributed by atoms with van der Waals surface area (Å²) in [7, 11) is 1.53. The Morgan fingerprint density at radius 3 is 2.48 bits per heavy atom. The van der Waals surface area contributed by atoms with Crippen LogP contribution in [0.15, 0.2) is 33.5 Å². The third kappa shape index (κ3) is 5.07. The third-order valence-electron chi connectivity index (χ3n) is 4.72. The van der Waals surface area contributed by atoms with Crippen LogP contribution in [0.3, 0.4) is 0 Å². The number of likely N-dealkylation sites (tertiary alicyclic amines) is 1. The van der Waals surface area contributed by atoms with Crippen LogP contribution in [0.25, 0.3) is 11.0 Å². The van der Waals surface area contributed by atoms with E-state index in [-0.39, 0.29) is 23.6 Å². The van der Waals surface area contributed by atoms with Crippen molar-refractivity contribution in [3.63, 3.8) is 0 Å². The van der Waals surface area contributed by atoms with Gasteiger partial charge in [0.15, 0.2) is 0 Å². The molecule has 1 aliphatic heterocycles. The molecule has 0 radical (unpaired) electrons. The van der Waals surface area contributed by atoms with E-state index in [1.807, 2.05) is 20.8 Å². The van der Waals surface area contributed by atoms with Gasteiger partial charge in [-0.3, -0.25) is 4.79 Å². The van der Waals surface area contributed by atoms with E-state index in [0.717, 1.165) is 0 Å². The third-order valence-corrected chi connectivity index (χ3v) is 4.72. The molecule has 1 fully saturated rings. The van der Waals surface area contributed by atoms with Gasteiger partial charge in [0.1, 0.15) is 22.6 Å². The molecule has 2 aromatic rings. The molecule has 3 rings (SSSR count). The van der Waals surface area contributed by atoms with E-state index in [1.54, 1.807) is 29.2 Å². The maximum Gasteiger partial charge on any atom is 0.410 e. The van der Waals surface area contributed by atoms with Gasteiger partial charge in [0, 0.05) is 30.5 Å². The number of hydrogen-bond donors (Lipinski definition) is 1. The van der Waals surface area contributed by atoms with Gasteiger partial charge in [-0.1, -0.05) is 0 Å². The molecule has 2 amide bonds. The fraction of sp³-hybridized carbons (Fsp3) is 0.476. The fourth-order valence-electron chi connectivity index (χ4n) is 3.19. The van der Waals surface area contributed by atoms with Crippen LogP contribution in [0.4, 0.5) is 10.5 Å². The summed E-state index contributed by atoms with van der Waals surface area (Å²) in [6.07, 6.45) is 0.629. The monoisotopic (exact) mass is 402 g/mol. The second kappa shape index (κ2) is 8.14. The van der Waals surface area contributed by atoms with Gasteiger partial charge in [-0.05, 0) is 51.8 Å². The van der Waals surface area contributed by atoms with Crippen LogP contribution in [0.1, 0.15) is 33.6 Å². The maximum atomic E-state index is 12.6. The van der Waals surface area contributed by atoms with E-state index in [2.05, 4.69) is 5.32 Å². The van der Waals surface area contributed by atoms with Crippen molar-refractivity contribution in [1.82, 2.24) is 4.90 Å². The summed E-state index contributed by atoms with van der Waals surface area (Å²) >= 11 is 0. The molecular formula is C21H26N2O6. The average Bonchev–Trinajstić information content (AvgIpc) is 2.67. The van der Waals surface area contributed by atoms with E-state index in [4.69, 9.17) is 13.9 Å². The van der Waals surface area contributed by atoms with Gasteiger partial charge < -0.3 is 24.1 Å². The summed E-state index contributed by atoms with van der Waals surface area (Å²) in [6, 6.07) is 6.72. The highest BCUT2D eigenvalue weighted by molar-refractivity contribution is 5.94. The van der Waals surface area contributed by atoms with Crippen molar-refractivity contribution in [2.75, 3.05) is 25.5 Å². The fourth-order valence-corrected chi connectivity index (χ4v) is 3.19. The van der Waals surface area contributed by atoms with Crippen LogP contribution in [0.2, 0.25) is 0 Å². The lowest BCUT2D eigenvalue weighted by atomic mass is 9.96. The molecule has 156 valence electrons. The van der Waals surface area contributed by atoms with Crippen LogP contribution >= 0.6 is 0 Å². The maximum absolute atomic E-state index is 12.6. The first kappa shape index (κ1) is 20.7. The molecule has 0 spiro atoms. The van der Waals surface area contributed by atoms with Gasteiger partial charge in [-0.25, -0.2) is 9.59 Å². The van der Waals surface area contributed by atoms with E-state index in [9.17, 15) is 14.4 Å². The number of fused-ring (bicyclic) bond motifs is 1. The van der Waals surface area contributed by atoms with Crippen molar-refractivity contribution in [1.29, 1.82) is 0 Å². The molecule has 1 saturated heterocycles. The normalized spacial score (nSPS) is 15.2. The predicted molar refractivity (Wildman–Crippen MR) is 108 cm³/mol. The van der Waals surface area contributed by atoms with Crippen LogP contribution < -0.4 is 15.7 Å². The summed E-state index contributed by atoms with van der Waals surface area (Å²) < 4.78 is 15.8. The summed E-state index contributed by atoms with van der Waals surface area (Å²) in [5.74, 6) is 0.0304. The Bertz CT molecular complexity index is 967. The zero-order valence-electron chi connectivity index (χ0n) is 17.1. The lowest BCUT2D eigenvalue weighted by Gasteiger charge is -2.32. The molecule has 8 heteroatoms. The minimum absolute atomic E-state index is 0.0993. The van der Waals surface area contributed by atoms with Crippen LogP contribution in [0.5, 0.6) is 5.75 Å². The van der Waals surface area contributed by atoms with Crippen LogP contribution in [-0.2, 0) is 9.53 Å². The minimum Gasteiger partial charge on any atom is -0.497 e. The number of carbonyl (C=O) groups excluding carboxylic acids is 2. The van der Waals surface area contributed by atoms with Gasteiger partial charge in [0.25, 0.3) is 0 Å². The number of hydrogen-bond acceptors (Lipinski definition) is 6. The Hall–Kier alpha value is -3.03. The summed E-state index contributed by atoms with van der Waals surface area (Å²) in [5.41, 5.74) is -0.690. The second-order valence-electron chi connectivity index (χ2n) is 8.08. The number of anilines is 1. The minimum atomic E-state index is -0.620. The quantitative estimate of drug-likeness (QED) is 0.791. The number of methoxy groups -OCH3 is 1. The van der Waals surface area contributed by atoms with Crippen molar-refractivity contribution in [2.45, 2.75) is 39.2 Å². The Morgan fingerprint density at radius 1 is 1.17 bits per heavy atom. The largest absolute Gasteiger partial charge is 0.497 e. The SMILES string of the molecule is COc1ccc2cc(NC(=O)C3CCN(C(=O)OC(C)(C)C)CC3)c(=O)oc2c1. The van der Waals surface area contributed by atoms with Gasteiger partial charge in [0.2, 0.25) is 5.91 Å². The van der Waals surface area contributed by atoms with E-state index >= 15 is 0 Å². The molecule has 0 atom stereocenters. The Kier molecular flexibility index (Phi) is 5.81. The molecule has 1 N–H and O–H groups in total. The van der Waals surface area contributed by atoms with E-state index in [1.165, 1.54) is 7.11 Å². The number of carbonyl (C=O) groups is 2. The van der Waals surface area contributed by atoms with Crippen molar-refractivity contribution in [3.05, 3.63) is 34.7 Å². The van der Waals surface area contributed by atoms with Gasteiger partial charge in [0.05, 0.1) is 7.11 Å². The van der Waals surface area contributed by atoms with Crippen molar-refractivity contribution in [3.8, 4) is 5.75 Å². The number of benzene rings is 1. The Balaban J connectivity index is 1.63. The molecule has 0 aliphatic carbocycles. The second-order valence-corrected chi connectivity index (χ2v) is 8.08. The summed E-state index contributed by atoms with van der Waals surface area (Å²) in [4.78, 5) is 38.6. The first-order chi connectivity index (χ1) is 13.7. The van der Waals surface area contributed by atoms with Gasteiger partial charge in [-0.15, -0.1) is 0 Å². The van der Waals surface area contributed by atoms with E-state index in [0.29, 0.717) is 42.6 Å². The molecule has 8 nitrogen and oxygen atoms in total.